The second kappa shape index (κ2) is 20.0. The number of unbranched alkanes of at least 4 members (excludes halogenated alkanes) is 3. The number of hydrogen-bond donors (Lipinski definition) is 5. The molecule has 11 nitrogen and oxygen atoms in total. The van der Waals surface area contributed by atoms with E-state index in [1.54, 1.807) is 20.1 Å². The van der Waals surface area contributed by atoms with Crippen molar-refractivity contribution in [2.24, 2.45) is 11.7 Å². The number of aromatic amines is 1. The molecule has 0 spiro atoms. The Morgan fingerprint density at radius 1 is 1.26 bits per heavy atom. The second-order valence-electron chi connectivity index (χ2n) is 10.9. The van der Waals surface area contributed by atoms with Crippen LogP contribution in [0.4, 0.5) is 0 Å². The number of carbonyl (C=O) groups is 2. The number of nitrogens with one attached hydrogen (secondary N) is 4. The van der Waals surface area contributed by atoms with Crippen LogP contribution in [0.3, 0.4) is 0 Å². The molecule has 6 N–H and O–H groups in total. The molecule has 2 fully saturated rings. The van der Waals surface area contributed by atoms with Crippen molar-refractivity contribution in [2.75, 3.05) is 13.7 Å². The fourth-order valence-electron chi connectivity index (χ4n) is 4.48. The molecule has 1 aliphatic carbocycles. The van der Waals surface area contributed by atoms with Crippen molar-refractivity contribution in [3.63, 3.8) is 0 Å². The number of H-pyrrole nitrogens is 1. The van der Waals surface area contributed by atoms with Gasteiger partial charge in [0.05, 0.1) is 24.2 Å². The van der Waals surface area contributed by atoms with Crippen molar-refractivity contribution in [3.8, 4) is 5.75 Å². The number of aromatic nitrogens is 2. The first-order chi connectivity index (χ1) is 20.2. The molecule has 1 aromatic heterocycles. The molecule has 0 radical (unpaired) electrons. The van der Waals surface area contributed by atoms with Crippen LogP contribution in [-0.2, 0) is 9.59 Å². The maximum absolute atomic E-state index is 12.7. The monoisotopic (exact) mass is 640 g/mol. The molecule has 2 aromatic rings. The van der Waals surface area contributed by atoms with Crippen LogP contribution in [0.1, 0.15) is 70.4 Å². The third-order valence-electron chi connectivity index (χ3n) is 7.20. The molecule has 2 aliphatic rings. The number of hydrogen-bond acceptors (Lipinski definition) is 9. The minimum Gasteiger partial charge on any atom is -0.841 e. The number of nitrogens with zero attached hydrogens (tertiary/aromatic N) is 1. The van der Waals surface area contributed by atoms with Gasteiger partial charge in [-0.3, -0.25) is 19.1 Å². The molecule has 2 heterocycles. The van der Waals surface area contributed by atoms with E-state index >= 15 is 0 Å². The molecule has 43 heavy (non-hydrogen) atoms. The normalized spacial score (nSPS) is 18.2. The van der Waals surface area contributed by atoms with E-state index < -0.39 is 12.3 Å². The smallest absolute Gasteiger partial charge is 0.841 e. The Morgan fingerprint density at radius 3 is 2.67 bits per heavy atom. The zero-order valence-corrected chi connectivity index (χ0v) is 29.8. The van der Waals surface area contributed by atoms with E-state index in [4.69, 9.17) is 10.5 Å². The zero-order chi connectivity index (χ0) is 30.5. The summed E-state index contributed by atoms with van der Waals surface area (Å²) in [6, 6.07) is 4.61. The number of methoxy groups -OCH3 is 1. The summed E-state index contributed by atoms with van der Waals surface area (Å²) in [5, 5.41) is 17.5. The van der Waals surface area contributed by atoms with E-state index in [0.29, 0.717) is 28.6 Å². The summed E-state index contributed by atoms with van der Waals surface area (Å²) in [6.45, 7) is 4.49. The van der Waals surface area contributed by atoms with Gasteiger partial charge in [0.15, 0.2) is 0 Å². The van der Waals surface area contributed by atoms with Gasteiger partial charge < -0.3 is 31.2 Å². The van der Waals surface area contributed by atoms with Gasteiger partial charge in [-0.25, -0.2) is 4.98 Å². The first-order valence-corrected chi connectivity index (χ1v) is 15.7. The first-order valence-electron chi connectivity index (χ1n) is 14.8. The maximum Gasteiger partial charge on any atom is 1.00 e. The van der Waals surface area contributed by atoms with Crippen LogP contribution < -0.4 is 87.9 Å². The Balaban J connectivity index is 0.000000359. The molecule has 2 unspecified atom stereocenters. The van der Waals surface area contributed by atoms with Crippen LogP contribution in [0.15, 0.2) is 35.1 Å². The van der Waals surface area contributed by atoms with E-state index in [-0.39, 0.29) is 80.7 Å². The van der Waals surface area contributed by atoms with Crippen LogP contribution in [0.25, 0.3) is 11.0 Å². The predicted octanol–water partition coefficient (Wildman–Crippen LogP) is -0.818. The van der Waals surface area contributed by atoms with Crippen molar-refractivity contribution in [2.45, 2.75) is 95.2 Å². The van der Waals surface area contributed by atoms with Gasteiger partial charge in [0.2, 0.25) is 5.91 Å². The number of amides is 2. The van der Waals surface area contributed by atoms with Gasteiger partial charge in [-0.1, -0.05) is 44.6 Å². The molecule has 4 rings (SSSR count). The van der Waals surface area contributed by atoms with Crippen LogP contribution in [0.2, 0.25) is 0 Å². The summed E-state index contributed by atoms with van der Waals surface area (Å²) >= 11 is 1.47. The van der Waals surface area contributed by atoms with Crippen LogP contribution in [0, 0.1) is 12.8 Å². The number of carbonyl (C=O) groups excluding carboxylic acids is 2. The summed E-state index contributed by atoms with van der Waals surface area (Å²) in [6.07, 6.45) is 11.4. The molecular weight excluding hydrogens is 596 g/mol. The Kier molecular flexibility index (Phi) is 17.6. The van der Waals surface area contributed by atoms with Gasteiger partial charge in [0.25, 0.3) is 11.5 Å². The van der Waals surface area contributed by atoms with E-state index in [0.717, 1.165) is 63.4 Å². The Bertz CT molecular complexity index is 1250. The van der Waals surface area contributed by atoms with Gasteiger partial charge in [-0.2, -0.15) is 0 Å². The summed E-state index contributed by atoms with van der Waals surface area (Å²) in [5.41, 5.74) is 6.99. The van der Waals surface area contributed by atoms with Gasteiger partial charge >= 0.3 is 51.4 Å². The maximum atomic E-state index is 12.7. The molecule has 1 saturated carbocycles. The molecule has 2 amide bonds. The van der Waals surface area contributed by atoms with Crippen molar-refractivity contribution in [1.82, 2.24) is 25.3 Å². The van der Waals surface area contributed by atoms with Crippen molar-refractivity contribution >= 4 is 34.8 Å². The molecule has 0 bridgehead atoms. The SMILES string of the molecule is COc1ccc2nc(C)c(=O)[nH]c2c1.C[C@@H](/C=C\CCCCC[C@H](N)[O-])C(NC(=O)C1CCCN1)C(=O)NSC1CC1.[K+]. The quantitative estimate of drug-likeness (QED) is 0.0581. The molecule has 1 aliphatic heterocycles. The molecule has 1 saturated heterocycles. The van der Waals surface area contributed by atoms with Gasteiger partial charge in [0, 0.05) is 17.2 Å². The summed E-state index contributed by atoms with van der Waals surface area (Å²) < 4.78 is 7.96. The number of benzene rings is 1. The third kappa shape index (κ3) is 13.7. The van der Waals surface area contributed by atoms with Crippen molar-refractivity contribution < 1.29 is 70.8 Å². The van der Waals surface area contributed by atoms with E-state index in [1.165, 1.54) is 11.9 Å². The van der Waals surface area contributed by atoms with E-state index in [1.807, 2.05) is 25.1 Å². The predicted molar refractivity (Wildman–Crippen MR) is 165 cm³/mol. The number of fused-ring (bicyclic) bond motifs is 1. The number of ether oxygens (including phenoxy) is 1. The minimum absolute atomic E-state index is 0. The average molecular weight is 641 g/mol. The van der Waals surface area contributed by atoms with Crippen molar-refractivity contribution in [1.29, 1.82) is 0 Å². The van der Waals surface area contributed by atoms with E-state index in [2.05, 4.69) is 31.4 Å². The number of nitrogens with two attached hydrogens (primary N) is 1. The number of rotatable bonds is 14. The number of allylic oxidation sites excluding steroid dienone is 1. The fourth-order valence-corrected chi connectivity index (χ4v) is 5.26. The summed E-state index contributed by atoms with van der Waals surface area (Å²) in [5.74, 6) is 0.382. The summed E-state index contributed by atoms with van der Waals surface area (Å²) in [7, 11) is 1.58. The van der Waals surface area contributed by atoms with Gasteiger partial charge in [0.1, 0.15) is 17.5 Å². The Hall–Kier alpha value is -1.29. The standard InChI is InChI=1S/C20H35N4O3S.C10H10N2O2.K/c1-14(8-5-3-2-4-6-10-17(21)25)18(20(27)24-28-15-11-12-15)23-19(26)16-9-7-13-22-16;1-6-10(13)12-9-5-7(14-2)3-4-8(9)11-6;/h5,8,14-18,22H,2-4,6-7,9-13,21H2,1H3,(H,23,26)(H,24,27);3-5H,1-2H3,(H,12,13);/q-1;;+1/b8-5-;;/t14-,16?,17+,18?;;/m0../s1. The summed E-state index contributed by atoms with van der Waals surface area (Å²) in [4.78, 5) is 43.3. The van der Waals surface area contributed by atoms with Gasteiger partial charge in [-0.05, 0) is 76.1 Å². The molecule has 13 heteroatoms. The third-order valence-corrected chi connectivity index (χ3v) is 8.32. The minimum atomic E-state index is -0.971. The van der Waals surface area contributed by atoms with Crippen molar-refractivity contribution in [3.05, 3.63) is 46.4 Å². The molecule has 232 valence electrons. The average Bonchev–Trinajstić information content (AvgIpc) is 3.64. The first kappa shape index (κ1) is 37.9. The molecule has 1 aromatic carbocycles. The number of aryl methyl sites for hydroxylation is 1. The van der Waals surface area contributed by atoms with Crippen LogP contribution in [0.5, 0.6) is 5.75 Å². The largest absolute Gasteiger partial charge is 1.00 e. The molecule has 4 atom stereocenters. The Labute approximate surface area is 300 Å². The van der Waals surface area contributed by atoms with Crippen LogP contribution in [-0.4, -0.2) is 59.0 Å². The second-order valence-corrected chi connectivity index (χ2v) is 12.0. The van der Waals surface area contributed by atoms with E-state index in [9.17, 15) is 19.5 Å². The fraction of sp³-hybridized carbons (Fsp3) is 0.600. The molecular formula is C30H45KN6O5S. The Morgan fingerprint density at radius 2 is 2.02 bits per heavy atom. The van der Waals surface area contributed by atoms with Crippen LogP contribution >= 0.6 is 11.9 Å². The zero-order valence-electron chi connectivity index (χ0n) is 25.8. The van der Waals surface area contributed by atoms with Gasteiger partial charge in [-0.15, -0.1) is 0 Å². The topological polar surface area (TPSA) is 174 Å².